The number of rotatable bonds is 5. The van der Waals surface area contributed by atoms with E-state index in [0.29, 0.717) is 16.6 Å². The van der Waals surface area contributed by atoms with Gasteiger partial charge in [0.05, 0.1) is 17.2 Å². The predicted molar refractivity (Wildman–Crippen MR) is 124 cm³/mol. The monoisotopic (exact) mass is 526 g/mol. The highest BCUT2D eigenvalue weighted by atomic mass is 79.9. The second-order valence-corrected chi connectivity index (χ2v) is 8.34. The number of hydrogen-bond donors (Lipinski definition) is 2. The normalized spacial score (nSPS) is 11.3. The molecule has 6 nitrogen and oxygen atoms in total. The largest absolute Gasteiger partial charge is 0.507 e. The lowest BCUT2D eigenvalue weighted by Gasteiger charge is -2.04. The fraction of sp³-hybridized carbons (Fsp3) is 0.0455. The van der Waals surface area contributed by atoms with Gasteiger partial charge in [0, 0.05) is 16.2 Å². The van der Waals surface area contributed by atoms with Gasteiger partial charge < -0.3 is 5.11 Å². The smallest absolute Gasteiger partial charge is 0.293 e. The van der Waals surface area contributed by atoms with Crippen LogP contribution in [0.15, 0.2) is 80.9 Å². The van der Waals surface area contributed by atoms with Crippen LogP contribution in [0.4, 0.5) is 0 Å². The van der Waals surface area contributed by atoms with Crippen LogP contribution in [0.25, 0.3) is 10.8 Å². The first kappa shape index (κ1) is 20.3. The summed E-state index contributed by atoms with van der Waals surface area (Å²) >= 11 is 6.79. The highest BCUT2D eigenvalue weighted by Crippen LogP contribution is 2.25. The average molecular weight is 528 g/mol. The minimum Gasteiger partial charge on any atom is -0.507 e. The molecule has 0 atom stereocenters. The van der Waals surface area contributed by atoms with Crippen LogP contribution in [0.1, 0.15) is 21.6 Å². The fourth-order valence-corrected chi connectivity index (χ4v) is 3.80. The van der Waals surface area contributed by atoms with Crippen molar-refractivity contribution in [3.8, 4) is 5.75 Å². The Morgan fingerprint density at radius 1 is 1.10 bits per heavy atom. The van der Waals surface area contributed by atoms with Gasteiger partial charge in [-0.15, -0.1) is 0 Å². The number of amides is 1. The molecule has 30 heavy (non-hydrogen) atoms. The maximum atomic E-state index is 12.5. The molecule has 8 heteroatoms. The second kappa shape index (κ2) is 8.81. The van der Waals surface area contributed by atoms with Crippen molar-refractivity contribution in [3.63, 3.8) is 0 Å². The van der Waals surface area contributed by atoms with E-state index in [-0.39, 0.29) is 11.4 Å². The first-order valence-corrected chi connectivity index (χ1v) is 10.6. The van der Waals surface area contributed by atoms with Gasteiger partial charge in [-0.1, -0.05) is 58.4 Å². The first-order chi connectivity index (χ1) is 14.5. The van der Waals surface area contributed by atoms with Crippen molar-refractivity contribution >= 4 is 54.8 Å². The maximum absolute atomic E-state index is 12.5. The summed E-state index contributed by atoms with van der Waals surface area (Å²) in [5.74, 6) is -0.362. The molecule has 2 N–H and O–H groups in total. The number of aromatic hydroxyl groups is 1. The Morgan fingerprint density at radius 3 is 2.67 bits per heavy atom. The van der Waals surface area contributed by atoms with Gasteiger partial charge in [-0.05, 0) is 50.5 Å². The van der Waals surface area contributed by atoms with Gasteiger partial charge in [-0.3, -0.25) is 9.48 Å². The second-order valence-electron chi connectivity index (χ2n) is 6.57. The number of aromatic nitrogens is 2. The van der Waals surface area contributed by atoms with E-state index in [9.17, 15) is 9.90 Å². The molecule has 0 unspecified atom stereocenters. The minimum atomic E-state index is -0.451. The summed E-state index contributed by atoms with van der Waals surface area (Å²) in [4.78, 5) is 12.5. The molecule has 0 spiro atoms. The summed E-state index contributed by atoms with van der Waals surface area (Å²) in [6.07, 6.45) is 3.18. The summed E-state index contributed by atoms with van der Waals surface area (Å²) in [5, 5.41) is 20.3. The number of carbonyl (C=O) groups excluding carboxylic acids is 1. The highest BCUT2D eigenvalue weighted by molar-refractivity contribution is 9.10. The lowest BCUT2D eigenvalue weighted by atomic mass is 10.0. The molecule has 0 radical (unpaired) electrons. The zero-order chi connectivity index (χ0) is 21.1. The molecule has 0 saturated heterocycles. The van der Waals surface area contributed by atoms with Crippen LogP contribution in [0.2, 0.25) is 0 Å². The number of halogens is 2. The molecule has 4 rings (SSSR count). The van der Waals surface area contributed by atoms with Crippen LogP contribution in [0.3, 0.4) is 0 Å². The molecular formula is C22H16Br2N4O2. The lowest BCUT2D eigenvalue weighted by Crippen LogP contribution is -2.19. The lowest BCUT2D eigenvalue weighted by molar-refractivity contribution is 0.0948. The number of phenols is 1. The Labute approximate surface area is 189 Å². The van der Waals surface area contributed by atoms with E-state index in [1.807, 2.05) is 54.6 Å². The van der Waals surface area contributed by atoms with E-state index in [1.165, 1.54) is 6.21 Å². The van der Waals surface area contributed by atoms with Crippen molar-refractivity contribution in [2.45, 2.75) is 6.54 Å². The van der Waals surface area contributed by atoms with E-state index in [1.54, 1.807) is 16.9 Å². The van der Waals surface area contributed by atoms with Crippen LogP contribution in [-0.2, 0) is 6.54 Å². The van der Waals surface area contributed by atoms with Gasteiger partial charge in [0.25, 0.3) is 5.91 Å². The van der Waals surface area contributed by atoms with Gasteiger partial charge in [0.15, 0.2) is 5.69 Å². The average Bonchev–Trinajstić information content (AvgIpc) is 3.11. The van der Waals surface area contributed by atoms with Crippen LogP contribution in [0, 0.1) is 0 Å². The molecule has 1 heterocycles. The third kappa shape index (κ3) is 4.44. The molecule has 3 aromatic carbocycles. The molecule has 0 bridgehead atoms. The number of fused-ring (bicyclic) bond motifs is 1. The highest BCUT2D eigenvalue weighted by Gasteiger charge is 2.15. The SMILES string of the molecule is O=C(N/N=C\c1c(O)ccc2ccccc12)c1nn(Cc2ccc(Br)cc2)cc1Br. The Kier molecular flexibility index (Phi) is 5.96. The van der Waals surface area contributed by atoms with Crippen molar-refractivity contribution in [2.75, 3.05) is 0 Å². The minimum absolute atomic E-state index is 0.0895. The van der Waals surface area contributed by atoms with Crippen LogP contribution >= 0.6 is 31.9 Å². The van der Waals surface area contributed by atoms with Crippen LogP contribution in [0.5, 0.6) is 5.75 Å². The van der Waals surface area contributed by atoms with Gasteiger partial charge in [-0.25, -0.2) is 5.43 Å². The topological polar surface area (TPSA) is 79.5 Å². The molecule has 1 amide bonds. The molecule has 1 aromatic heterocycles. The molecular weight excluding hydrogens is 512 g/mol. The number of benzene rings is 3. The van der Waals surface area contributed by atoms with E-state index >= 15 is 0 Å². The van der Waals surface area contributed by atoms with Gasteiger partial charge in [0.1, 0.15) is 5.75 Å². The van der Waals surface area contributed by atoms with Crippen molar-refractivity contribution in [1.29, 1.82) is 0 Å². The van der Waals surface area contributed by atoms with E-state index in [0.717, 1.165) is 20.8 Å². The van der Waals surface area contributed by atoms with Crippen molar-refractivity contribution in [2.24, 2.45) is 5.10 Å². The Hall–Kier alpha value is -2.97. The van der Waals surface area contributed by atoms with Gasteiger partial charge in [-0.2, -0.15) is 10.2 Å². The zero-order valence-corrected chi connectivity index (χ0v) is 18.8. The first-order valence-electron chi connectivity index (χ1n) is 9.03. The summed E-state index contributed by atoms with van der Waals surface area (Å²) in [6, 6.07) is 19.0. The number of nitrogens with one attached hydrogen (secondary N) is 1. The third-order valence-electron chi connectivity index (χ3n) is 4.50. The van der Waals surface area contributed by atoms with E-state index in [2.05, 4.69) is 47.5 Å². The van der Waals surface area contributed by atoms with Crippen molar-refractivity contribution in [1.82, 2.24) is 15.2 Å². The number of hydrogen-bond acceptors (Lipinski definition) is 4. The maximum Gasteiger partial charge on any atom is 0.293 e. The summed E-state index contributed by atoms with van der Waals surface area (Å²) < 4.78 is 3.26. The van der Waals surface area contributed by atoms with E-state index in [4.69, 9.17) is 0 Å². The van der Waals surface area contributed by atoms with Crippen molar-refractivity contribution in [3.05, 3.63) is 92.6 Å². The third-order valence-corrected chi connectivity index (χ3v) is 5.61. The summed E-state index contributed by atoms with van der Waals surface area (Å²) in [6.45, 7) is 0.534. The number of carbonyl (C=O) groups is 1. The quantitative estimate of drug-likeness (QED) is 0.280. The Morgan fingerprint density at radius 2 is 1.87 bits per heavy atom. The molecule has 150 valence electrons. The number of nitrogens with zero attached hydrogens (tertiary/aromatic N) is 3. The predicted octanol–water partition coefficient (Wildman–Crippen LogP) is 5.08. The number of phenolic OH excluding ortho intramolecular Hbond substituents is 1. The molecule has 0 aliphatic rings. The van der Waals surface area contributed by atoms with Gasteiger partial charge in [0.2, 0.25) is 0 Å². The van der Waals surface area contributed by atoms with Crippen LogP contribution < -0.4 is 5.43 Å². The fourth-order valence-electron chi connectivity index (χ4n) is 3.04. The zero-order valence-electron chi connectivity index (χ0n) is 15.6. The van der Waals surface area contributed by atoms with E-state index < -0.39 is 5.91 Å². The molecule has 4 aromatic rings. The standard InChI is InChI=1S/C22H16Br2N4O2/c23-16-8-5-14(6-9-16)12-28-13-19(24)21(27-28)22(30)26-25-11-18-17-4-2-1-3-15(17)7-10-20(18)29/h1-11,13,29H,12H2,(H,26,30)/b25-11-. The van der Waals surface area contributed by atoms with Crippen molar-refractivity contribution < 1.29 is 9.90 Å². The summed E-state index contributed by atoms with van der Waals surface area (Å²) in [5.41, 5.74) is 4.30. The summed E-state index contributed by atoms with van der Waals surface area (Å²) in [7, 11) is 0. The van der Waals surface area contributed by atoms with Gasteiger partial charge >= 0.3 is 0 Å². The molecule has 0 aliphatic carbocycles. The number of hydrazone groups is 1. The molecule has 0 fully saturated rings. The molecule has 0 aliphatic heterocycles. The Balaban J connectivity index is 1.49. The van der Waals surface area contributed by atoms with Crippen LogP contribution in [-0.4, -0.2) is 27.0 Å². The Bertz CT molecular complexity index is 1250. The molecule has 0 saturated carbocycles.